The maximum Gasteiger partial charge on any atom is 0.249 e. The third-order valence-corrected chi connectivity index (χ3v) is 1.71. The van der Waals surface area contributed by atoms with Crippen LogP contribution >= 0.6 is 0 Å². The van der Waals surface area contributed by atoms with Gasteiger partial charge in [0.25, 0.3) is 0 Å². The molecule has 1 N–H and O–H groups in total. The molecule has 0 bridgehead atoms. The SMILES string of the molecule is CCCC(F)(F)CC(C)NC. The molecule has 68 valence electrons. The predicted molar refractivity (Wildman–Crippen MR) is 43.0 cm³/mol. The minimum atomic E-state index is -2.49. The first-order valence-electron chi connectivity index (χ1n) is 4.07. The molecule has 0 saturated carbocycles. The van der Waals surface area contributed by atoms with Crippen molar-refractivity contribution in [3.05, 3.63) is 0 Å². The molecule has 1 unspecified atom stereocenters. The van der Waals surface area contributed by atoms with E-state index in [1.165, 1.54) is 0 Å². The zero-order valence-corrected chi connectivity index (χ0v) is 7.45. The smallest absolute Gasteiger partial charge is 0.249 e. The van der Waals surface area contributed by atoms with Crippen molar-refractivity contribution in [2.24, 2.45) is 0 Å². The van der Waals surface area contributed by atoms with Crippen LogP contribution in [0.25, 0.3) is 0 Å². The van der Waals surface area contributed by atoms with E-state index in [1.54, 1.807) is 20.9 Å². The molecule has 0 heterocycles. The fraction of sp³-hybridized carbons (Fsp3) is 1.00. The van der Waals surface area contributed by atoms with Crippen LogP contribution in [0, 0.1) is 0 Å². The van der Waals surface area contributed by atoms with E-state index >= 15 is 0 Å². The van der Waals surface area contributed by atoms with Crippen LogP contribution in [0.5, 0.6) is 0 Å². The van der Waals surface area contributed by atoms with Gasteiger partial charge >= 0.3 is 0 Å². The second kappa shape index (κ2) is 4.65. The number of alkyl halides is 2. The van der Waals surface area contributed by atoms with Gasteiger partial charge in [-0.2, -0.15) is 0 Å². The standard InChI is InChI=1S/C8H17F2N/c1-4-5-8(9,10)6-7(2)11-3/h7,11H,4-6H2,1-3H3. The molecule has 0 aromatic carbocycles. The Balaban J connectivity index is 3.70. The average Bonchev–Trinajstić information content (AvgIpc) is 1.86. The molecule has 0 amide bonds. The van der Waals surface area contributed by atoms with E-state index in [-0.39, 0.29) is 18.9 Å². The van der Waals surface area contributed by atoms with Crippen molar-refractivity contribution in [3.63, 3.8) is 0 Å². The van der Waals surface area contributed by atoms with Crippen molar-refractivity contribution >= 4 is 0 Å². The van der Waals surface area contributed by atoms with Crippen LogP contribution < -0.4 is 5.32 Å². The molecule has 0 rings (SSSR count). The zero-order chi connectivity index (χ0) is 8.91. The molecular weight excluding hydrogens is 148 g/mol. The Morgan fingerprint density at radius 1 is 1.45 bits per heavy atom. The summed E-state index contributed by atoms with van der Waals surface area (Å²) in [6.45, 7) is 3.54. The van der Waals surface area contributed by atoms with Gasteiger partial charge in [-0.15, -0.1) is 0 Å². The Kier molecular flexibility index (Phi) is 4.57. The van der Waals surface area contributed by atoms with E-state index in [1.807, 2.05) is 0 Å². The maximum atomic E-state index is 12.8. The molecule has 0 spiro atoms. The number of nitrogens with one attached hydrogen (secondary N) is 1. The van der Waals surface area contributed by atoms with E-state index in [2.05, 4.69) is 5.32 Å². The molecule has 0 fully saturated rings. The van der Waals surface area contributed by atoms with Gasteiger partial charge in [0, 0.05) is 18.9 Å². The highest BCUT2D eigenvalue weighted by atomic mass is 19.3. The first-order chi connectivity index (χ1) is 5.02. The highest BCUT2D eigenvalue weighted by molar-refractivity contribution is 4.71. The van der Waals surface area contributed by atoms with Gasteiger partial charge in [0.1, 0.15) is 0 Å². The van der Waals surface area contributed by atoms with E-state index in [9.17, 15) is 8.78 Å². The van der Waals surface area contributed by atoms with Crippen molar-refractivity contribution in [1.82, 2.24) is 5.32 Å². The van der Waals surface area contributed by atoms with Crippen LogP contribution in [0.2, 0.25) is 0 Å². The number of hydrogen-bond acceptors (Lipinski definition) is 1. The fourth-order valence-corrected chi connectivity index (χ4v) is 1.02. The molecule has 0 aliphatic carbocycles. The second-order valence-electron chi connectivity index (χ2n) is 3.00. The van der Waals surface area contributed by atoms with Gasteiger partial charge in [-0.05, 0) is 14.0 Å². The van der Waals surface area contributed by atoms with Crippen molar-refractivity contribution in [1.29, 1.82) is 0 Å². The number of rotatable bonds is 5. The topological polar surface area (TPSA) is 12.0 Å². The molecule has 0 aromatic rings. The summed E-state index contributed by atoms with van der Waals surface area (Å²) in [4.78, 5) is 0. The van der Waals surface area contributed by atoms with Gasteiger partial charge in [-0.1, -0.05) is 13.3 Å². The lowest BCUT2D eigenvalue weighted by molar-refractivity contribution is -0.0235. The van der Waals surface area contributed by atoms with Gasteiger partial charge in [0.15, 0.2) is 0 Å². The largest absolute Gasteiger partial charge is 0.317 e. The number of halogens is 2. The van der Waals surface area contributed by atoms with Crippen molar-refractivity contribution in [2.75, 3.05) is 7.05 Å². The molecule has 0 saturated heterocycles. The van der Waals surface area contributed by atoms with Gasteiger partial charge in [0.2, 0.25) is 5.92 Å². The summed E-state index contributed by atoms with van der Waals surface area (Å²) in [7, 11) is 1.70. The Morgan fingerprint density at radius 3 is 2.36 bits per heavy atom. The maximum absolute atomic E-state index is 12.8. The Morgan fingerprint density at radius 2 is 2.00 bits per heavy atom. The van der Waals surface area contributed by atoms with Crippen LogP contribution in [0.15, 0.2) is 0 Å². The third kappa shape index (κ3) is 5.13. The molecule has 0 aromatic heterocycles. The molecule has 1 nitrogen and oxygen atoms in total. The van der Waals surface area contributed by atoms with Gasteiger partial charge in [-0.3, -0.25) is 0 Å². The Hall–Kier alpha value is -0.180. The summed E-state index contributed by atoms with van der Waals surface area (Å²) in [5.41, 5.74) is 0. The molecule has 0 aliphatic heterocycles. The van der Waals surface area contributed by atoms with Gasteiger partial charge in [-0.25, -0.2) is 8.78 Å². The summed E-state index contributed by atoms with van der Waals surface area (Å²) in [5, 5.41) is 2.80. The zero-order valence-electron chi connectivity index (χ0n) is 7.45. The summed E-state index contributed by atoms with van der Waals surface area (Å²) in [6.07, 6.45) is 0.486. The second-order valence-corrected chi connectivity index (χ2v) is 3.00. The van der Waals surface area contributed by atoms with Gasteiger partial charge < -0.3 is 5.32 Å². The fourth-order valence-electron chi connectivity index (χ4n) is 1.02. The van der Waals surface area contributed by atoms with E-state index < -0.39 is 5.92 Å². The van der Waals surface area contributed by atoms with Gasteiger partial charge in [0.05, 0.1) is 0 Å². The monoisotopic (exact) mass is 165 g/mol. The highest BCUT2D eigenvalue weighted by Crippen LogP contribution is 2.25. The molecular formula is C8H17F2N. The first kappa shape index (κ1) is 10.8. The van der Waals surface area contributed by atoms with Crippen LogP contribution in [-0.4, -0.2) is 19.0 Å². The highest BCUT2D eigenvalue weighted by Gasteiger charge is 2.29. The average molecular weight is 165 g/mol. The van der Waals surface area contributed by atoms with Crippen molar-refractivity contribution in [3.8, 4) is 0 Å². The Labute approximate surface area is 67.2 Å². The van der Waals surface area contributed by atoms with Crippen LogP contribution in [0.1, 0.15) is 33.1 Å². The van der Waals surface area contributed by atoms with Crippen LogP contribution in [0.3, 0.4) is 0 Å². The number of hydrogen-bond donors (Lipinski definition) is 1. The quantitative estimate of drug-likeness (QED) is 0.659. The van der Waals surface area contributed by atoms with Crippen molar-refractivity contribution in [2.45, 2.75) is 45.1 Å². The molecule has 0 aliphatic rings. The Bertz CT molecular complexity index is 104. The lowest BCUT2D eigenvalue weighted by Crippen LogP contribution is -2.30. The van der Waals surface area contributed by atoms with Crippen molar-refractivity contribution < 1.29 is 8.78 Å². The summed E-state index contributed by atoms with van der Waals surface area (Å²) < 4.78 is 25.6. The molecule has 3 heteroatoms. The minimum absolute atomic E-state index is 0.000972. The van der Waals surface area contributed by atoms with Crippen LogP contribution in [0.4, 0.5) is 8.78 Å². The molecule has 0 radical (unpaired) electrons. The first-order valence-corrected chi connectivity index (χ1v) is 4.07. The van der Waals surface area contributed by atoms with E-state index in [4.69, 9.17) is 0 Å². The van der Waals surface area contributed by atoms with E-state index in [0.717, 1.165) is 0 Å². The lowest BCUT2D eigenvalue weighted by atomic mass is 10.1. The normalized spacial score (nSPS) is 15.0. The third-order valence-electron chi connectivity index (χ3n) is 1.71. The molecule has 11 heavy (non-hydrogen) atoms. The predicted octanol–water partition coefficient (Wildman–Crippen LogP) is 2.42. The van der Waals surface area contributed by atoms with Crippen LogP contribution in [-0.2, 0) is 0 Å². The summed E-state index contributed by atoms with van der Waals surface area (Å²) >= 11 is 0. The van der Waals surface area contributed by atoms with E-state index in [0.29, 0.717) is 6.42 Å². The lowest BCUT2D eigenvalue weighted by Gasteiger charge is -2.19. The summed E-state index contributed by atoms with van der Waals surface area (Å²) in [6, 6.07) is -0.100. The summed E-state index contributed by atoms with van der Waals surface area (Å²) in [5.74, 6) is -2.49. The molecule has 1 atom stereocenters. The minimum Gasteiger partial charge on any atom is -0.317 e.